The van der Waals surface area contributed by atoms with Crippen LogP contribution in [0.1, 0.15) is 18.4 Å². The van der Waals surface area contributed by atoms with E-state index in [1.54, 1.807) is 11.8 Å². The van der Waals surface area contributed by atoms with Crippen molar-refractivity contribution in [3.63, 3.8) is 0 Å². The summed E-state index contributed by atoms with van der Waals surface area (Å²) in [5.74, 6) is 2.14. The highest BCUT2D eigenvalue weighted by atomic mass is 32.2. The van der Waals surface area contributed by atoms with Crippen LogP contribution in [0.2, 0.25) is 0 Å². The monoisotopic (exact) mass is 240 g/mol. The third-order valence-corrected chi connectivity index (χ3v) is 4.68. The fourth-order valence-corrected chi connectivity index (χ4v) is 3.48. The Hall–Kier alpha value is -0.120. The molecule has 1 heterocycles. The molecule has 15 heavy (non-hydrogen) atoms. The molecule has 1 fully saturated rings. The van der Waals surface area contributed by atoms with E-state index in [4.69, 9.17) is 0 Å². The predicted octanol–water partition coefficient (Wildman–Crippen LogP) is 3.12. The molecule has 0 aromatic heterocycles. The van der Waals surface area contributed by atoms with Crippen LogP contribution in [0.4, 0.5) is 0 Å². The Kier molecular flexibility index (Phi) is 3.65. The van der Waals surface area contributed by atoms with Gasteiger partial charge in [-0.3, -0.25) is 0 Å². The molecule has 0 amide bonds. The van der Waals surface area contributed by atoms with E-state index in [1.165, 1.54) is 4.90 Å². The summed E-state index contributed by atoms with van der Waals surface area (Å²) >= 11 is 3.67. The van der Waals surface area contributed by atoms with Crippen molar-refractivity contribution in [3.8, 4) is 0 Å². The van der Waals surface area contributed by atoms with Crippen LogP contribution >= 0.6 is 23.5 Å². The molecule has 0 radical (unpaired) electrons. The number of rotatable bonds is 2. The highest BCUT2D eigenvalue weighted by molar-refractivity contribution is 7.99. The minimum absolute atomic E-state index is 0.567. The van der Waals surface area contributed by atoms with Crippen molar-refractivity contribution in [2.75, 3.05) is 17.8 Å². The number of hydrogen-bond acceptors (Lipinski definition) is 3. The minimum atomic E-state index is -0.567. The average Bonchev–Trinajstić information content (AvgIpc) is 2.30. The molecule has 3 heteroatoms. The van der Waals surface area contributed by atoms with Crippen molar-refractivity contribution in [2.45, 2.75) is 23.3 Å². The molecule has 0 aliphatic carbocycles. The van der Waals surface area contributed by atoms with E-state index in [0.717, 1.165) is 29.9 Å². The van der Waals surface area contributed by atoms with Gasteiger partial charge in [0.25, 0.3) is 0 Å². The molecule has 1 aliphatic heterocycles. The summed E-state index contributed by atoms with van der Waals surface area (Å²) in [4.78, 5) is 1.26. The summed E-state index contributed by atoms with van der Waals surface area (Å²) in [6.07, 6.45) is 3.84. The van der Waals surface area contributed by atoms with Crippen LogP contribution < -0.4 is 0 Å². The normalized spacial score (nSPS) is 20.1. The SMILES string of the molecule is CSc1ccc(C2(O)CCSCC2)cc1. The molecule has 0 spiro atoms. The highest BCUT2D eigenvalue weighted by Crippen LogP contribution is 2.36. The Labute approximate surface area is 99.7 Å². The van der Waals surface area contributed by atoms with Crippen molar-refractivity contribution >= 4 is 23.5 Å². The summed E-state index contributed by atoms with van der Waals surface area (Å²) in [6, 6.07) is 8.34. The zero-order valence-electron chi connectivity index (χ0n) is 8.90. The minimum Gasteiger partial charge on any atom is -0.385 e. The van der Waals surface area contributed by atoms with Crippen molar-refractivity contribution < 1.29 is 5.11 Å². The zero-order valence-corrected chi connectivity index (χ0v) is 10.5. The molecule has 1 aliphatic rings. The van der Waals surface area contributed by atoms with E-state index in [-0.39, 0.29) is 0 Å². The maximum atomic E-state index is 10.5. The fourth-order valence-electron chi connectivity index (χ4n) is 1.90. The van der Waals surface area contributed by atoms with Crippen LogP contribution in [-0.2, 0) is 5.60 Å². The van der Waals surface area contributed by atoms with E-state index in [9.17, 15) is 5.11 Å². The lowest BCUT2D eigenvalue weighted by Crippen LogP contribution is -2.30. The van der Waals surface area contributed by atoms with Gasteiger partial charge >= 0.3 is 0 Å². The fraction of sp³-hybridized carbons (Fsp3) is 0.500. The van der Waals surface area contributed by atoms with Gasteiger partial charge in [0.05, 0.1) is 5.60 Å². The van der Waals surface area contributed by atoms with E-state index in [1.807, 2.05) is 11.8 Å². The van der Waals surface area contributed by atoms with Gasteiger partial charge in [0.15, 0.2) is 0 Å². The molecule has 1 aromatic carbocycles. The van der Waals surface area contributed by atoms with Gasteiger partial charge in [0, 0.05) is 4.90 Å². The van der Waals surface area contributed by atoms with E-state index >= 15 is 0 Å². The quantitative estimate of drug-likeness (QED) is 0.802. The second-order valence-corrected chi connectivity index (χ2v) is 5.98. The molecule has 82 valence electrons. The molecule has 0 saturated carbocycles. The largest absolute Gasteiger partial charge is 0.385 e. The summed E-state index contributed by atoms with van der Waals surface area (Å²) in [7, 11) is 0. The van der Waals surface area contributed by atoms with Gasteiger partial charge in [-0.05, 0) is 48.3 Å². The van der Waals surface area contributed by atoms with E-state index < -0.39 is 5.60 Å². The van der Waals surface area contributed by atoms with Gasteiger partial charge in [-0.15, -0.1) is 11.8 Å². The summed E-state index contributed by atoms with van der Waals surface area (Å²) < 4.78 is 0. The Morgan fingerprint density at radius 1 is 1.20 bits per heavy atom. The number of hydrogen-bond donors (Lipinski definition) is 1. The first-order valence-electron chi connectivity index (χ1n) is 5.19. The summed E-state index contributed by atoms with van der Waals surface area (Å²) in [6.45, 7) is 0. The standard InChI is InChI=1S/C12H16OS2/c1-14-11-4-2-10(3-5-11)12(13)6-8-15-9-7-12/h2-5,13H,6-9H2,1H3. The first kappa shape index (κ1) is 11.4. The van der Waals surface area contributed by atoms with Gasteiger partial charge in [-0.25, -0.2) is 0 Å². The highest BCUT2D eigenvalue weighted by Gasteiger charge is 2.31. The van der Waals surface area contributed by atoms with E-state index in [2.05, 4.69) is 30.5 Å². The molecule has 0 bridgehead atoms. The van der Waals surface area contributed by atoms with Gasteiger partial charge in [0.2, 0.25) is 0 Å². The van der Waals surface area contributed by atoms with Gasteiger partial charge in [-0.1, -0.05) is 12.1 Å². The second-order valence-electron chi connectivity index (χ2n) is 3.87. The number of benzene rings is 1. The van der Waals surface area contributed by atoms with Crippen LogP contribution in [0, 0.1) is 0 Å². The summed E-state index contributed by atoms with van der Waals surface area (Å²) in [5.41, 5.74) is 0.517. The van der Waals surface area contributed by atoms with Gasteiger partial charge in [0.1, 0.15) is 0 Å². The van der Waals surface area contributed by atoms with E-state index in [0.29, 0.717) is 0 Å². The van der Waals surface area contributed by atoms with Crippen LogP contribution in [0.25, 0.3) is 0 Å². The van der Waals surface area contributed by atoms with Crippen molar-refractivity contribution in [1.29, 1.82) is 0 Å². The number of aliphatic hydroxyl groups is 1. The maximum absolute atomic E-state index is 10.5. The Morgan fingerprint density at radius 3 is 2.33 bits per heavy atom. The molecular formula is C12H16OS2. The molecule has 2 rings (SSSR count). The van der Waals surface area contributed by atoms with Crippen LogP contribution in [0.3, 0.4) is 0 Å². The van der Waals surface area contributed by atoms with Crippen LogP contribution in [0.15, 0.2) is 29.2 Å². The Bertz CT molecular complexity index is 315. The maximum Gasteiger partial charge on any atom is 0.0912 e. The first-order valence-corrected chi connectivity index (χ1v) is 7.57. The first-order chi connectivity index (χ1) is 7.24. The van der Waals surface area contributed by atoms with Gasteiger partial charge < -0.3 is 5.11 Å². The van der Waals surface area contributed by atoms with Crippen molar-refractivity contribution in [1.82, 2.24) is 0 Å². The van der Waals surface area contributed by atoms with Gasteiger partial charge in [-0.2, -0.15) is 11.8 Å². The van der Waals surface area contributed by atoms with Crippen molar-refractivity contribution in [2.24, 2.45) is 0 Å². The van der Waals surface area contributed by atoms with Crippen LogP contribution in [-0.4, -0.2) is 22.9 Å². The molecule has 1 aromatic rings. The third-order valence-electron chi connectivity index (χ3n) is 2.95. The second kappa shape index (κ2) is 4.81. The van der Waals surface area contributed by atoms with Crippen LogP contribution in [0.5, 0.6) is 0 Å². The summed E-state index contributed by atoms with van der Waals surface area (Å²) in [5, 5.41) is 10.5. The lowest BCUT2D eigenvalue weighted by Gasteiger charge is -2.32. The lowest BCUT2D eigenvalue weighted by molar-refractivity contribution is 0.0280. The lowest BCUT2D eigenvalue weighted by atomic mass is 9.88. The van der Waals surface area contributed by atoms with Crippen molar-refractivity contribution in [3.05, 3.63) is 29.8 Å². The molecular weight excluding hydrogens is 224 g/mol. The Morgan fingerprint density at radius 2 is 1.80 bits per heavy atom. The molecule has 0 unspecified atom stereocenters. The predicted molar refractivity (Wildman–Crippen MR) is 68.7 cm³/mol. The number of thioether (sulfide) groups is 2. The Balaban J connectivity index is 2.20. The molecule has 0 atom stereocenters. The smallest absolute Gasteiger partial charge is 0.0912 e. The topological polar surface area (TPSA) is 20.2 Å². The molecule has 1 saturated heterocycles. The molecule has 1 nitrogen and oxygen atoms in total. The average molecular weight is 240 g/mol. The zero-order chi connectivity index (χ0) is 10.7. The third kappa shape index (κ3) is 2.52. The molecule has 1 N–H and O–H groups in total.